The normalized spacial score (nSPS) is 23.5. The highest BCUT2D eigenvalue weighted by molar-refractivity contribution is 5.84. The quantitative estimate of drug-likeness (QED) is 0.616. The summed E-state index contributed by atoms with van der Waals surface area (Å²) >= 11 is 0. The molecule has 0 aromatic rings. The summed E-state index contributed by atoms with van der Waals surface area (Å²) in [6.45, 7) is 4.59. The molecule has 1 rings (SSSR count). The van der Waals surface area contributed by atoms with E-state index < -0.39 is 0 Å². The molecule has 1 N–H and O–H groups in total. The smallest absolute Gasteiger partial charge is 0.150 e. The van der Waals surface area contributed by atoms with Gasteiger partial charge in [-0.2, -0.15) is 0 Å². The summed E-state index contributed by atoms with van der Waals surface area (Å²) < 4.78 is 0. The van der Waals surface area contributed by atoms with Crippen LogP contribution in [0.25, 0.3) is 0 Å². The summed E-state index contributed by atoms with van der Waals surface area (Å²) in [6, 6.07) is 0.148. The number of hydrogen-bond donors (Lipinski definition) is 1. The second-order valence-corrected chi connectivity index (χ2v) is 2.94. The van der Waals surface area contributed by atoms with Crippen LogP contribution in [0.3, 0.4) is 0 Å². The predicted molar refractivity (Wildman–Crippen MR) is 45.5 cm³/mol. The molecule has 1 saturated heterocycles. The van der Waals surface area contributed by atoms with Crippen LogP contribution in [0.1, 0.15) is 25.7 Å². The standard InChI is InChI=1S/C9H15NO/c1-2-3-6-9(11)8-5-4-7-10-8/h2,8,10H,1,3-7H2. The lowest BCUT2D eigenvalue weighted by molar-refractivity contribution is -0.120. The zero-order valence-corrected chi connectivity index (χ0v) is 6.81. The van der Waals surface area contributed by atoms with Crippen LogP contribution in [0, 0.1) is 0 Å². The summed E-state index contributed by atoms with van der Waals surface area (Å²) in [5.74, 6) is 0.349. The summed E-state index contributed by atoms with van der Waals surface area (Å²) in [5.41, 5.74) is 0. The van der Waals surface area contributed by atoms with Crippen molar-refractivity contribution >= 4 is 5.78 Å². The minimum atomic E-state index is 0.148. The van der Waals surface area contributed by atoms with Crippen molar-refractivity contribution in [3.8, 4) is 0 Å². The zero-order valence-electron chi connectivity index (χ0n) is 6.81. The molecule has 0 aromatic heterocycles. The highest BCUT2D eigenvalue weighted by Crippen LogP contribution is 2.08. The van der Waals surface area contributed by atoms with E-state index in [-0.39, 0.29) is 6.04 Å². The van der Waals surface area contributed by atoms with Crippen molar-refractivity contribution in [2.75, 3.05) is 6.54 Å². The van der Waals surface area contributed by atoms with E-state index in [1.807, 2.05) is 0 Å². The monoisotopic (exact) mass is 153 g/mol. The van der Waals surface area contributed by atoms with E-state index in [0.29, 0.717) is 12.2 Å². The average Bonchev–Trinajstić information content (AvgIpc) is 2.52. The zero-order chi connectivity index (χ0) is 8.10. The molecule has 0 amide bonds. The molecule has 0 spiro atoms. The number of nitrogens with one attached hydrogen (secondary N) is 1. The summed E-state index contributed by atoms with van der Waals surface area (Å²) in [6.07, 6.45) is 5.44. The second kappa shape index (κ2) is 4.29. The Balaban J connectivity index is 2.22. The highest BCUT2D eigenvalue weighted by Gasteiger charge is 2.20. The molecule has 1 aliphatic heterocycles. The van der Waals surface area contributed by atoms with Crippen molar-refractivity contribution in [2.24, 2.45) is 0 Å². The molecule has 0 aliphatic carbocycles. The van der Waals surface area contributed by atoms with E-state index in [4.69, 9.17) is 0 Å². The Morgan fingerprint density at radius 3 is 3.09 bits per heavy atom. The fourth-order valence-electron chi connectivity index (χ4n) is 1.38. The number of allylic oxidation sites excluding steroid dienone is 1. The molecule has 1 atom stereocenters. The maximum atomic E-state index is 11.3. The first-order valence-corrected chi connectivity index (χ1v) is 4.21. The van der Waals surface area contributed by atoms with Crippen molar-refractivity contribution in [3.63, 3.8) is 0 Å². The van der Waals surface area contributed by atoms with Gasteiger partial charge in [0.15, 0.2) is 0 Å². The molecule has 1 fully saturated rings. The number of rotatable bonds is 4. The van der Waals surface area contributed by atoms with Crippen LogP contribution < -0.4 is 5.32 Å². The molecule has 1 heterocycles. The Morgan fingerprint density at radius 2 is 2.55 bits per heavy atom. The van der Waals surface area contributed by atoms with E-state index >= 15 is 0 Å². The summed E-state index contributed by atoms with van der Waals surface area (Å²) in [7, 11) is 0. The molecule has 0 saturated carbocycles. The maximum absolute atomic E-state index is 11.3. The number of carbonyl (C=O) groups excluding carboxylic acids is 1. The molecular weight excluding hydrogens is 138 g/mol. The third-order valence-electron chi connectivity index (χ3n) is 2.04. The van der Waals surface area contributed by atoms with Crippen LogP contribution in [0.4, 0.5) is 0 Å². The Morgan fingerprint density at radius 1 is 1.73 bits per heavy atom. The minimum absolute atomic E-state index is 0.148. The van der Waals surface area contributed by atoms with Crippen LogP contribution in [0.2, 0.25) is 0 Å². The van der Waals surface area contributed by atoms with Crippen LogP contribution >= 0.6 is 0 Å². The molecule has 11 heavy (non-hydrogen) atoms. The lowest BCUT2D eigenvalue weighted by atomic mass is 10.1. The van der Waals surface area contributed by atoms with Gasteiger partial charge in [-0.25, -0.2) is 0 Å². The third-order valence-corrected chi connectivity index (χ3v) is 2.04. The first kappa shape index (κ1) is 8.47. The molecule has 2 heteroatoms. The van der Waals surface area contributed by atoms with Gasteiger partial charge in [-0.3, -0.25) is 4.79 Å². The maximum Gasteiger partial charge on any atom is 0.150 e. The molecule has 1 unspecified atom stereocenters. The summed E-state index contributed by atoms with van der Waals surface area (Å²) in [5, 5.41) is 3.18. The average molecular weight is 153 g/mol. The first-order valence-electron chi connectivity index (χ1n) is 4.21. The van der Waals surface area contributed by atoms with Gasteiger partial charge in [0.25, 0.3) is 0 Å². The molecule has 0 radical (unpaired) electrons. The number of Topliss-reactive ketones (excluding diaryl/α,β-unsaturated/α-hetero) is 1. The van der Waals surface area contributed by atoms with Gasteiger partial charge in [0.1, 0.15) is 5.78 Å². The Kier molecular flexibility index (Phi) is 3.30. The van der Waals surface area contributed by atoms with Gasteiger partial charge < -0.3 is 5.32 Å². The van der Waals surface area contributed by atoms with Crippen LogP contribution in [0.5, 0.6) is 0 Å². The Labute approximate surface area is 67.7 Å². The van der Waals surface area contributed by atoms with Crippen molar-refractivity contribution in [2.45, 2.75) is 31.7 Å². The van der Waals surface area contributed by atoms with E-state index in [9.17, 15) is 4.79 Å². The van der Waals surface area contributed by atoms with Gasteiger partial charge in [-0.15, -0.1) is 6.58 Å². The molecule has 2 nitrogen and oxygen atoms in total. The number of carbonyl (C=O) groups is 1. The number of hydrogen-bond acceptors (Lipinski definition) is 2. The van der Waals surface area contributed by atoms with Crippen molar-refractivity contribution in [1.82, 2.24) is 5.32 Å². The van der Waals surface area contributed by atoms with Crippen molar-refractivity contribution in [3.05, 3.63) is 12.7 Å². The molecule has 0 bridgehead atoms. The molecule has 62 valence electrons. The topological polar surface area (TPSA) is 29.1 Å². The largest absolute Gasteiger partial charge is 0.307 e. The van der Waals surface area contributed by atoms with E-state index in [1.165, 1.54) is 0 Å². The fraction of sp³-hybridized carbons (Fsp3) is 0.667. The lowest BCUT2D eigenvalue weighted by Crippen LogP contribution is -2.30. The van der Waals surface area contributed by atoms with Gasteiger partial charge in [0.2, 0.25) is 0 Å². The van der Waals surface area contributed by atoms with Gasteiger partial charge in [0.05, 0.1) is 6.04 Å². The van der Waals surface area contributed by atoms with E-state index in [2.05, 4.69) is 11.9 Å². The minimum Gasteiger partial charge on any atom is -0.307 e. The SMILES string of the molecule is C=CCCC(=O)C1CCCN1. The molecule has 1 aliphatic rings. The van der Waals surface area contributed by atoms with Gasteiger partial charge in [0, 0.05) is 6.42 Å². The second-order valence-electron chi connectivity index (χ2n) is 2.94. The van der Waals surface area contributed by atoms with Crippen LogP contribution in [-0.4, -0.2) is 18.4 Å². The van der Waals surface area contributed by atoms with Crippen LogP contribution in [0.15, 0.2) is 12.7 Å². The van der Waals surface area contributed by atoms with Crippen molar-refractivity contribution in [1.29, 1.82) is 0 Å². The Bertz CT molecular complexity index is 148. The van der Waals surface area contributed by atoms with E-state index in [0.717, 1.165) is 25.8 Å². The fourth-order valence-corrected chi connectivity index (χ4v) is 1.38. The van der Waals surface area contributed by atoms with Gasteiger partial charge >= 0.3 is 0 Å². The Hall–Kier alpha value is -0.630. The van der Waals surface area contributed by atoms with E-state index in [1.54, 1.807) is 6.08 Å². The highest BCUT2D eigenvalue weighted by atomic mass is 16.1. The third kappa shape index (κ3) is 2.46. The van der Waals surface area contributed by atoms with Gasteiger partial charge in [-0.05, 0) is 25.8 Å². The van der Waals surface area contributed by atoms with Crippen molar-refractivity contribution < 1.29 is 4.79 Å². The first-order chi connectivity index (χ1) is 5.34. The lowest BCUT2D eigenvalue weighted by Gasteiger charge is -2.06. The van der Waals surface area contributed by atoms with Crippen LogP contribution in [-0.2, 0) is 4.79 Å². The van der Waals surface area contributed by atoms with Gasteiger partial charge in [-0.1, -0.05) is 6.08 Å². The predicted octanol–water partition coefficient (Wildman–Crippen LogP) is 1.27. The number of ketones is 1. The molecular formula is C9H15NO. The summed E-state index contributed by atoms with van der Waals surface area (Å²) in [4.78, 5) is 11.3. The molecule has 0 aromatic carbocycles.